The Balaban J connectivity index is 4.17. The second-order valence-corrected chi connectivity index (χ2v) is 2.55. The highest BCUT2D eigenvalue weighted by atomic mass is 16.1. The Labute approximate surface area is 74.5 Å². The van der Waals surface area contributed by atoms with Gasteiger partial charge in [0, 0.05) is 0 Å². The number of ketones is 1. The van der Waals surface area contributed by atoms with E-state index >= 15 is 0 Å². The van der Waals surface area contributed by atoms with Crippen molar-refractivity contribution < 1.29 is 4.79 Å². The predicted octanol–water partition coefficient (Wildman–Crippen LogP) is 3.04. The van der Waals surface area contributed by atoms with Crippen molar-refractivity contribution in [2.24, 2.45) is 0 Å². The zero-order valence-electron chi connectivity index (χ0n) is 8.00. The van der Waals surface area contributed by atoms with E-state index in [9.17, 15) is 4.79 Å². The number of carbonyl (C=O) groups excluding carboxylic acids is 1. The molecule has 0 aromatic carbocycles. The molecule has 0 aromatic heterocycles. The minimum Gasteiger partial charge on any atom is -0.290 e. The molecule has 0 aromatic rings. The summed E-state index contributed by atoms with van der Waals surface area (Å²) in [6.45, 7) is 5.73. The quantitative estimate of drug-likeness (QED) is 0.461. The standard InChI is InChI=1S/C11H16O/c1-4-6-7-9-10(3)11(12)8-5-2/h5-9H,4H2,1-3H3/b7-6-,8-5-,10-9+. The molecule has 0 spiro atoms. The maximum Gasteiger partial charge on any atom is 0.181 e. The molecule has 0 amide bonds. The Morgan fingerprint density at radius 2 is 2.08 bits per heavy atom. The van der Waals surface area contributed by atoms with E-state index in [0.29, 0.717) is 0 Å². The first kappa shape index (κ1) is 10.9. The van der Waals surface area contributed by atoms with Gasteiger partial charge in [-0.25, -0.2) is 0 Å². The van der Waals surface area contributed by atoms with Crippen LogP contribution in [0.15, 0.2) is 36.0 Å². The second-order valence-electron chi connectivity index (χ2n) is 2.55. The molecule has 12 heavy (non-hydrogen) atoms. The fraction of sp³-hybridized carbons (Fsp3) is 0.364. The monoisotopic (exact) mass is 164 g/mol. The third-order valence-corrected chi connectivity index (χ3v) is 1.42. The van der Waals surface area contributed by atoms with Crippen molar-refractivity contribution in [2.45, 2.75) is 27.2 Å². The summed E-state index contributed by atoms with van der Waals surface area (Å²) in [5.41, 5.74) is 0.776. The van der Waals surface area contributed by atoms with Crippen molar-refractivity contribution >= 4 is 5.78 Å². The van der Waals surface area contributed by atoms with Crippen LogP contribution in [0.2, 0.25) is 0 Å². The summed E-state index contributed by atoms with van der Waals surface area (Å²) in [5.74, 6) is 0.0817. The number of rotatable bonds is 4. The van der Waals surface area contributed by atoms with Crippen LogP contribution in [0, 0.1) is 0 Å². The summed E-state index contributed by atoms with van der Waals surface area (Å²) in [6, 6.07) is 0. The van der Waals surface area contributed by atoms with Crippen molar-refractivity contribution in [1.29, 1.82) is 0 Å². The third-order valence-electron chi connectivity index (χ3n) is 1.42. The lowest BCUT2D eigenvalue weighted by Crippen LogP contribution is -1.92. The van der Waals surface area contributed by atoms with Gasteiger partial charge in [-0.3, -0.25) is 4.79 Å². The lowest BCUT2D eigenvalue weighted by Gasteiger charge is -1.90. The van der Waals surface area contributed by atoms with Gasteiger partial charge in [-0.15, -0.1) is 0 Å². The molecule has 1 heteroatoms. The Morgan fingerprint density at radius 3 is 2.58 bits per heavy atom. The fourth-order valence-electron chi connectivity index (χ4n) is 0.713. The van der Waals surface area contributed by atoms with Crippen LogP contribution in [0.4, 0.5) is 0 Å². The first-order valence-corrected chi connectivity index (χ1v) is 4.22. The Morgan fingerprint density at radius 1 is 1.42 bits per heavy atom. The van der Waals surface area contributed by atoms with E-state index in [2.05, 4.69) is 6.92 Å². The highest BCUT2D eigenvalue weighted by molar-refractivity contribution is 6.03. The van der Waals surface area contributed by atoms with E-state index in [-0.39, 0.29) is 5.78 Å². The van der Waals surface area contributed by atoms with Crippen molar-refractivity contribution in [3.8, 4) is 0 Å². The summed E-state index contributed by atoms with van der Waals surface area (Å²) in [5, 5.41) is 0. The molecular weight excluding hydrogens is 148 g/mol. The largest absolute Gasteiger partial charge is 0.290 e. The summed E-state index contributed by atoms with van der Waals surface area (Å²) < 4.78 is 0. The van der Waals surface area contributed by atoms with Crippen LogP contribution >= 0.6 is 0 Å². The molecule has 0 heterocycles. The number of hydrogen-bond acceptors (Lipinski definition) is 1. The molecule has 1 nitrogen and oxygen atoms in total. The normalized spacial score (nSPS) is 13.1. The van der Waals surface area contributed by atoms with Crippen molar-refractivity contribution in [2.75, 3.05) is 0 Å². The fourth-order valence-corrected chi connectivity index (χ4v) is 0.713. The van der Waals surface area contributed by atoms with Gasteiger partial charge in [0.05, 0.1) is 0 Å². The van der Waals surface area contributed by atoms with E-state index in [1.165, 1.54) is 0 Å². The van der Waals surface area contributed by atoms with Crippen LogP contribution in [0.5, 0.6) is 0 Å². The molecule has 0 fully saturated rings. The molecule has 66 valence electrons. The first-order chi connectivity index (χ1) is 5.72. The van der Waals surface area contributed by atoms with Crippen LogP contribution in [-0.2, 0) is 4.79 Å². The molecule has 0 saturated heterocycles. The van der Waals surface area contributed by atoms with Gasteiger partial charge in [-0.05, 0) is 31.9 Å². The van der Waals surface area contributed by atoms with Crippen LogP contribution < -0.4 is 0 Å². The number of carbonyl (C=O) groups is 1. The Hall–Kier alpha value is -1.11. The van der Waals surface area contributed by atoms with Gasteiger partial charge in [-0.1, -0.05) is 31.2 Å². The smallest absolute Gasteiger partial charge is 0.181 e. The molecule has 0 rings (SSSR count). The van der Waals surface area contributed by atoms with Crippen molar-refractivity contribution in [3.05, 3.63) is 36.0 Å². The molecule has 0 bridgehead atoms. The molecule has 0 aliphatic heterocycles. The molecule has 0 radical (unpaired) electrons. The van der Waals surface area contributed by atoms with Gasteiger partial charge in [0.2, 0.25) is 0 Å². The highest BCUT2D eigenvalue weighted by Crippen LogP contribution is 1.97. The predicted molar refractivity (Wildman–Crippen MR) is 53.0 cm³/mol. The van der Waals surface area contributed by atoms with Gasteiger partial charge in [0.15, 0.2) is 5.78 Å². The maximum atomic E-state index is 11.1. The molecule has 0 aliphatic carbocycles. The minimum absolute atomic E-state index is 0.0817. The summed E-state index contributed by atoms with van der Waals surface area (Å²) in [7, 11) is 0. The van der Waals surface area contributed by atoms with Gasteiger partial charge >= 0.3 is 0 Å². The number of hydrogen-bond donors (Lipinski definition) is 0. The van der Waals surface area contributed by atoms with Gasteiger partial charge < -0.3 is 0 Å². The van der Waals surface area contributed by atoms with Crippen molar-refractivity contribution in [1.82, 2.24) is 0 Å². The first-order valence-electron chi connectivity index (χ1n) is 4.22. The number of allylic oxidation sites excluding steroid dienone is 6. The van der Waals surface area contributed by atoms with Crippen LogP contribution in [0.25, 0.3) is 0 Å². The van der Waals surface area contributed by atoms with Gasteiger partial charge in [0.1, 0.15) is 0 Å². The molecule has 0 unspecified atom stereocenters. The van der Waals surface area contributed by atoms with Crippen LogP contribution in [0.1, 0.15) is 27.2 Å². The van der Waals surface area contributed by atoms with Crippen molar-refractivity contribution in [3.63, 3.8) is 0 Å². The molecular formula is C11H16O. The van der Waals surface area contributed by atoms with E-state index in [1.54, 1.807) is 12.2 Å². The van der Waals surface area contributed by atoms with Crippen LogP contribution in [-0.4, -0.2) is 5.78 Å². The summed E-state index contributed by atoms with van der Waals surface area (Å²) in [4.78, 5) is 11.1. The maximum absolute atomic E-state index is 11.1. The summed E-state index contributed by atoms with van der Waals surface area (Å²) >= 11 is 0. The lowest BCUT2D eigenvalue weighted by atomic mass is 10.1. The van der Waals surface area contributed by atoms with Gasteiger partial charge in [-0.2, -0.15) is 0 Å². The molecule has 0 atom stereocenters. The van der Waals surface area contributed by atoms with Gasteiger partial charge in [0.25, 0.3) is 0 Å². The third kappa shape index (κ3) is 4.67. The Kier molecular flexibility index (Phi) is 5.98. The Bertz CT molecular complexity index is 219. The highest BCUT2D eigenvalue weighted by Gasteiger charge is 1.95. The lowest BCUT2D eigenvalue weighted by molar-refractivity contribution is -0.111. The van der Waals surface area contributed by atoms with E-state index in [4.69, 9.17) is 0 Å². The molecule has 0 saturated carbocycles. The van der Waals surface area contributed by atoms with E-state index in [1.807, 2.05) is 32.1 Å². The second kappa shape index (κ2) is 6.59. The topological polar surface area (TPSA) is 17.1 Å². The zero-order valence-corrected chi connectivity index (χ0v) is 8.00. The molecule has 0 N–H and O–H groups in total. The van der Waals surface area contributed by atoms with E-state index in [0.717, 1.165) is 12.0 Å². The SMILES string of the molecule is C/C=C\C(=O)/C(C)=C/C=C\CC. The minimum atomic E-state index is 0.0817. The zero-order chi connectivity index (χ0) is 9.40. The summed E-state index contributed by atoms with van der Waals surface area (Å²) in [6.07, 6.45) is 10.1. The van der Waals surface area contributed by atoms with Crippen LogP contribution in [0.3, 0.4) is 0 Å². The average molecular weight is 164 g/mol. The molecule has 0 aliphatic rings. The van der Waals surface area contributed by atoms with E-state index < -0.39 is 0 Å². The average Bonchev–Trinajstić information content (AvgIpc) is 2.05.